The van der Waals surface area contributed by atoms with Gasteiger partial charge in [0.25, 0.3) is 0 Å². The summed E-state index contributed by atoms with van der Waals surface area (Å²) in [5.74, 6) is -9.70. The van der Waals surface area contributed by atoms with Gasteiger partial charge in [-0.3, -0.25) is 28.9 Å². The first-order valence-corrected chi connectivity index (χ1v) is 15.4. The van der Waals surface area contributed by atoms with E-state index in [9.17, 15) is 34.3 Å². The minimum absolute atomic E-state index is 0.148. The van der Waals surface area contributed by atoms with Gasteiger partial charge in [0, 0.05) is 31.9 Å². The molecule has 13 nitrogen and oxygen atoms in total. The zero-order valence-corrected chi connectivity index (χ0v) is 27.4. The third kappa shape index (κ3) is 4.65. The molecule has 2 unspecified atom stereocenters. The number of phenolic OH excluding ortho intramolecular Hbond substituents is 1. The SMILES string of the molecule is CC(C)c1ccc(CNc2cc(N(C)C)c3c(c2O)C(=O)C2C(=O)[C@]4(C#N)C(=O)C(C(N)=O)C(=O)[C@@H](N(C)C)[C@]4(N)C[C@]2(N)C3)cc1. The number of nitrogens with one attached hydrogen (secondary N) is 1. The molecule has 248 valence electrons. The Hall–Kier alpha value is -4.64. The fraction of sp³-hybridized carbons (Fsp3) is 0.471. The van der Waals surface area contributed by atoms with Crippen LogP contribution in [0.25, 0.3) is 0 Å². The lowest BCUT2D eigenvalue weighted by Gasteiger charge is -2.60. The number of ketones is 4. The number of carbonyl (C=O) groups excluding carboxylic acids is 5. The van der Waals surface area contributed by atoms with E-state index in [0.29, 0.717) is 23.7 Å². The molecule has 0 aromatic heterocycles. The standard InChI is InChI=1S/C34H41N7O6/c1-16(2)18-9-7-17(8-10-18)13-39-20-11-21(40(3)4)19-12-32(37)14-34(38)28(41(5)6)27(44)23(31(36)47)29(45)33(34,15-35)30(46)24(32)26(43)22(19)25(20)42/h7-11,16,23-24,28,39,42H,12-14,37-38H2,1-6H3,(H2,36,47)/t23?,24?,28-,32-,33+,34-/m1/s1. The number of fused-ring (bicyclic) bond motifs is 3. The number of Topliss-reactive ketones (excluding diaryl/α,β-unsaturated/α-hetero) is 4. The summed E-state index contributed by atoms with van der Waals surface area (Å²) in [6.45, 7) is 4.50. The zero-order chi connectivity index (χ0) is 35.0. The summed E-state index contributed by atoms with van der Waals surface area (Å²) < 4.78 is 0. The van der Waals surface area contributed by atoms with E-state index in [4.69, 9.17) is 17.2 Å². The van der Waals surface area contributed by atoms with Gasteiger partial charge in [0.15, 0.2) is 34.5 Å². The quantitative estimate of drug-likeness (QED) is 0.207. The minimum Gasteiger partial charge on any atom is -0.505 e. The Kier molecular flexibility index (Phi) is 8.08. The highest BCUT2D eigenvalue weighted by atomic mass is 16.3. The van der Waals surface area contributed by atoms with Crippen LogP contribution in [0.4, 0.5) is 11.4 Å². The van der Waals surface area contributed by atoms with E-state index >= 15 is 0 Å². The highest BCUT2D eigenvalue weighted by Crippen LogP contribution is 2.57. The molecule has 0 saturated heterocycles. The Labute approximate surface area is 273 Å². The van der Waals surface area contributed by atoms with Crippen LogP contribution in [-0.2, 0) is 32.1 Å². The fourth-order valence-corrected chi connectivity index (χ4v) is 8.01. The van der Waals surface area contributed by atoms with Crippen LogP contribution in [0.5, 0.6) is 5.75 Å². The molecule has 13 heteroatoms. The second kappa shape index (κ2) is 11.3. The van der Waals surface area contributed by atoms with Crippen molar-refractivity contribution in [2.75, 3.05) is 38.4 Å². The average molecular weight is 644 g/mol. The van der Waals surface area contributed by atoms with E-state index in [2.05, 4.69) is 19.2 Å². The van der Waals surface area contributed by atoms with Gasteiger partial charge in [0.05, 0.1) is 28.9 Å². The number of hydrogen-bond donors (Lipinski definition) is 5. The molecule has 5 rings (SSSR count). The molecule has 1 amide bonds. The van der Waals surface area contributed by atoms with E-state index in [-0.39, 0.29) is 17.7 Å². The van der Waals surface area contributed by atoms with Crippen molar-refractivity contribution >= 4 is 40.4 Å². The molecule has 0 spiro atoms. The molecule has 8 N–H and O–H groups in total. The Bertz CT molecular complexity index is 1760. The van der Waals surface area contributed by atoms with E-state index in [1.807, 2.05) is 24.3 Å². The number of nitrogens with zero attached hydrogens (tertiary/aromatic N) is 3. The Morgan fingerprint density at radius 2 is 1.70 bits per heavy atom. The van der Waals surface area contributed by atoms with Gasteiger partial charge >= 0.3 is 0 Å². The summed E-state index contributed by atoms with van der Waals surface area (Å²) in [6, 6.07) is 9.91. The molecule has 3 aliphatic rings. The molecule has 0 radical (unpaired) electrons. The second-order valence-corrected chi connectivity index (χ2v) is 13.9. The highest BCUT2D eigenvalue weighted by Gasteiger charge is 2.78. The van der Waals surface area contributed by atoms with Gasteiger partial charge in [-0.2, -0.15) is 5.26 Å². The summed E-state index contributed by atoms with van der Waals surface area (Å²) >= 11 is 0. The molecule has 2 fully saturated rings. The first-order valence-electron chi connectivity index (χ1n) is 15.4. The second-order valence-electron chi connectivity index (χ2n) is 13.9. The zero-order valence-electron chi connectivity index (χ0n) is 27.4. The minimum atomic E-state index is -2.80. The topological polar surface area (TPSA) is 226 Å². The number of nitriles is 1. The smallest absolute Gasteiger partial charge is 0.235 e. The maximum absolute atomic E-state index is 14.6. The van der Waals surface area contributed by atoms with Crippen LogP contribution in [0.2, 0.25) is 0 Å². The number of rotatable bonds is 7. The summed E-state index contributed by atoms with van der Waals surface area (Å²) in [5.41, 5.74) is 15.6. The average Bonchev–Trinajstić information content (AvgIpc) is 2.95. The number of nitrogens with two attached hydrogens (primary N) is 3. The highest BCUT2D eigenvalue weighted by molar-refractivity contribution is 6.33. The van der Waals surface area contributed by atoms with Gasteiger partial charge in [0.1, 0.15) is 11.7 Å². The molecule has 0 bridgehead atoms. The number of benzene rings is 2. The number of anilines is 2. The lowest BCUT2D eigenvalue weighted by molar-refractivity contribution is -0.166. The summed E-state index contributed by atoms with van der Waals surface area (Å²) in [5, 5.41) is 25.3. The number of carbonyl (C=O) groups is 5. The number of likely N-dealkylation sites (N-methyl/N-ethyl adjacent to an activating group) is 1. The van der Waals surface area contributed by atoms with Crippen molar-refractivity contribution in [1.82, 2.24) is 4.90 Å². The van der Waals surface area contributed by atoms with Crippen LogP contribution in [0.1, 0.15) is 53.2 Å². The number of hydrogen-bond acceptors (Lipinski definition) is 12. The third-order valence-electron chi connectivity index (χ3n) is 10.2. The fourth-order valence-electron chi connectivity index (χ4n) is 8.01. The first kappa shape index (κ1) is 33.7. The largest absolute Gasteiger partial charge is 0.505 e. The normalized spacial score (nSPS) is 30.0. The lowest BCUT2D eigenvalue weighted by atomic mass is 9.42. The molecule has 2 aromatic rings. The van der Waals surface area contributed by atoms with Crippen LogP contribution in [-0.4, -0.2) is 84.4 Å². The molecule has 2 saturated carbocycles. The predicted octanol–water partition coefficient (Wildman–Crippen LogP) is 0.610. The third-order valence-corrected chi connectivity index (χ3v) is 10.2. The van der Waals surface area contributed by atoms with E-state index in [1.54, 1.807) is 31.1 Å². The van der Waals surface area contributed by atoms with Crippen LogP contribution in [0.3, 0.4) is 0 Å². The molecule has 0 aliphatic heterocycles. The number of phenols is 1. The Morgan fingerprint density at radius 3 is 2.21 bits per heavy atom. The van der Waals surface area contributed by atoms with Crippen LogP contribution >= 0.6 is 0 Å². The van der Waals surface area contributed by atoms with E-state index in [1.165, 1.54) is 24.6 Å². The number of amides is 1. The maximum atomic E-state index is 14.6. The molecule has 3 aliphatic carbocycles. The van der Waals surface area contributed by atoms with Crippen molar-refractivity contribution in [3.63, 3.8) is 0 Å². The van der Waals surface area contributed by atoms with Gasteiger partial charge < -0.3 is 32.5 Å². The molecular weight excluding hydrogens is 602 g/mol. The summed E-state index contributed by atoms with van der Waals surface area (Å²) in [7, 11) is 6.43. The summed E-state index contributed by atoms with van der Waals surface area (Å²) in [6.07, 6.45) is -0.619. The maximum Gasteiger partial charge on any atom is 0.235 e. The van der Waals surface area contributed by atoms with Crippen LogP contribution < -0.4 is 27.4 Å². The molecular formula is C34H41N7O6. The van der Waals surface area contributed by atoms with Crippen molar-refractivity contribution < 1.29 is 29.1 Å². The van der Waals surface area contributed by atoms with Crippen molar-refractivity contribution in [2.45, 2.75) is 56.3 Å². The number of primary amides is 1. The van der Waals surface area contributed by atoms with Crippen LogP contribution in [0, 0.1) is 28.6 Å². The lowest BCUT2D eigenvalue weighted by Crippen LogP contribution is -2.85. The predicted molar refractivity (Wildman–Crippen MR) is 173 cm³/mol. The first-order chi connectivity index (χ1) is 21.9. The monoisotopic (exact) mass is 643 g/mol. The van der Waals surface area contributed by atoms with Gasteiger partial charge in [-0.1, -0.05) is 38.1 Å². The molecule has 6 atom stereocenters. The van der Waals surface area contributed by atoms with Gasteiger partial charge in [-0.15, -0.1) is 0 Å². The van der Waals surface area contributed by atoms with Crippen molar-refractivity contribution in [2.24, 2.45) is 34.5 Å². The summed E-state index contributed by atoms with van der Waals surface area (Å²) in [4.78, 5) is 72.1. The molecule has 2 aromatic carbocycles. The van der Waals surface area contributed by atoms with Crippen LogP contribution in [0.15, 0.2) is 30.3 Å². The molecule has 47 heavy (non-hydrogen) atoms. The van der Waals surface area contributed by atoms with Crippen molar-refractivity contribution in [3.05, 3.63) is 52.6 Å². The van der Waals surface area contributed by atoms with E-state index < -0.39 is 75.6 Å². The van der Waals surface area contributed by atoms with Gasteiger partial charge in [-0.05, 0) is 55.6 Å². The van der Waals surface area contributed by atoms with Crippen molar-refractivity contribution in [1.29, 1.82) is 5.26 Å². The number of aromatic hydroxyl groups is 1. The van der Waals surface area contributed by atoms with Gasteiger partial charge in [-0.25, -0.2) is 0 Å². The van der Waals surface area contributed by atoms with Gasteiger partial charge in [0.2, 0.25) is 5.91 Å². The Balaban J connectivity index is 1.66. The van der Waals surface area contributed by atoms with Crippen molar-refractivity contribution in [3.8, 4) is 11.8 Å². The Morgan fingerprint density at radius 1 is 1.09 bits per heavy atom. The van der Waals surface area contributed by atoms with E-state index in [0.717, 1.165) is 5.56 Å². The molecule has 0 heterocycles.